The molecule has 1 saturated carbocycles. The number of sulfone groups is 1. The first-order valence-corrected chi connectivity index (χ1v) is 8.61. The van der Waals surface area contributed by atoms with Crippen LogP contribution in [0.5, 0.6) is 0 Å². The van der Waals surface area contributed by atoms with Gasteiger partial charge in [-0.2, -0.15) is 0 Å². The van der Waals surface area contributed by atoms with E-state index in [0.29, 0.717) is 5.92 Å². The fourth-order valence-corrected chi connectivity index (χ4v) is 4.89. The molecular formula is C14H29NO2S. The third-order valence-electron chi connectivity index (χ3n) is 4.47. The molecule has 0 aromatic carbocycles. The van der Waals surface area contributed by atoms with Gasteiger partial charge < -0.3 is 5.32 Å². The Balaban J connectivity index is 2.98. The maximum atomic E-state index is 12.5. The van der Waals surface area contributed by atoms with E-state index in [1.165, 1.54) is 0 Å². The zero-order valence-corrected chi connectivity index (χ0v) is 13.5. The molecule has 0 heterocycles. The molecule has 108 valence electrons. The monoisotopic (exact) mass is 275 g/mol. The lowest BCUT2D eigenvalue weighted by molar-refractivity contribution is 0.164. The van der Waals surface area contributed by atoms with Gasteiger partial charge in [-0.1, -0.05) is 20.8 Å². The van der Waals surface area contributed by atoms with Crippen LogP contribution in [0, 0.1) is 11.3 Å². The highest BCUT2D eigenvalue weighted by atomic mass is 32.2. The van der Waals surface area contributed by atoms with E-state index in [-0.39, 0.29) is 22.0 Å². The van der Waals surface area contributed by atoms with Crippen LogP contribution in [-0.4, -0.2) is 32.0 Å². The second-order valence-electron chi connectivity index (χ2n) is 6.95. The topological polar surface area (TPSA) is 46.2 Å². The van der Waals surface area contributed by atoms with Crippen molar-refractivity contribution < 1.29 is 8.42 Å². The Morgan fingerprint density at radius 1 is 1.17 bits per heavy atom. The lowest BCUT2D eigenvalue weighted by Crippen LogP contribution is -2.50. The molecule has 1 N–H and O–H groups in total. The molecule has 0 radical (unpaired) electrons. The normalized spacial score (nSPS) is 30.7. The van der Waals surface area contributed by atoms with Gasteiger partial charge in [-0.15, -0.1) is 0 Å². The lowest BCUT2D eigenvalue weighted by atomic mass is 9.71. The molecule has 1 aliphatic rings. The van der Waals surface area contributed by atoms with Crippen molar-refractivity contribution in [3.63, 3.8) is 0 Å². The van der Waals surface area contributed by atoms with Crippen LogP contribution >= 0.6 is 0 Å². The molecular weight excluding hydrogens is 246 g/mol. The van der Waals surface area contributed by atoms with E-state index in [1.54, 1.807) is 13.8 Å². The number of nitrogens with one attached hydrogen (secondary N) is 1. The number of rotatable bonds is 3. The minimum absolute atomic E-state index is 0.121. The predicted molar refractivity (Wildman–Crippen MR) is 77.5 cm³/mol. The summed E-state index contributed by atoms with van der Waals surface area (Å²) in [5, 5.41) is 2.71. The van der Waals surface area contributed by atoms with Gasteiger partial charge in [-0.25, -0.2) is 8.42 Å². The van der Waals surface area contributed by atoms with Gasteiger partial charge in [0.05, 0.1) is 10.5 Å². The van der Waals surface area contributed by atoms with Crippen molar-refractivity contribution in [2.24, 2.45) is 11.3 Å². The van der Waals surface area contributed by atoms with Crippen LogP contribution in [-0.2, 0) is 9.84 Å². The Hall–Kier alpha value is -0.0900. The van der Waals surface area contributed by atoms with Crippen molar-refractivity contribution in [2.45, 2.75) is 70.4 Å². The van der Waals surface area contributed by atoms with Crippen molar-refractivity contribution in [3.05, 3.63) is 0 Å². The van der Waals surface area contributed by atoms with Gasteiger partial charge in [0.25, 0.3) is 0 Å². The van der Waals surface area contributed by atoms with Crippen molar-refractivity contribution in [2.75, 3.05) is 7.05 Å². The minimum Gasteiger partial charge on any atom is -0.316 e. The third-order valence-corrected chi connectivity index (χ3v) is 7.15. The summed E-state index contributed by atoms with van der Waals surface area (Å²) in [5.74, 6) is 0.501. The smallest absolute Gasteiger partial charge is 0.157 e. The summed E-state index contributed by atoms with van der Waals surface area (Å²) in [6.07, 6.45) is 2.89. The molecule has 0 aliphatic heterocycles. The van der Waals surface area contributed by atoms with Gasteiger partial charge in [-0.3, -0.25) is 0 Å². The van der Waals surface area contributed by atoms with E-state index in [1.807, 2.05) is 7.05 Å². The average molecular weight is 275 g/mol. The molecule has 3 nitrogen and oxygen atoms in total. The number of hydrogen-bond acceptors (Lipinski definition) is 3. The summed E-state index contributed by atoms with van der Waals surface area (Å²) in [4.78, 5) is 0. The first kappa shape index (κ1) is 16.0. The molecule has 4 heteroatoms. The van der Waals surface area contributed by atoms with Crippen LogP contribution in [0.15, 0.2) is 0 Å². The zero-order chi connectivity index (χ0) is 14.1. The average Bonchev–Trinajstić information content (AvgIpc) is 2.26. The molecule has 0 spiro atoms. The molecule has 0 amide bonds. The summed E-state index contributed by atoms with van der Waals surface area (Å²) in [5.41, 5.74) is 0.198. The van der Waals surface area contributed by atoms with E-state index in [9.17, 15) is 8.42 Å². The van der Waals surface area contributed by atoms with E-state index < -0.39 is 9.84 Å². The van der Waals surface area contributed by atoms with Gasteiger partial charge in [0.15, 0.2) is 9.84 Å². The van der Waals surface area contributed by atoms with Crippen molar-refractivity contribution in [1.82, 2.24) is 5.32 Å². The lowest BCUT2D eigenvalue weighted by Gasteiger charge is -2.42. The molecule has 1 fully saturated rings. The van der Waals surface area contributed by atoms with Gasteiger partial charge in [0.2, 0.25) is 0 Å². The van der Waals surface area contributed by atoms with Gasteiger partial charge in [-0.05, 0) is 51.5 Å². The van der Waals surface area contributed by atoms with E-state index in [4.69, 9.17) is 0 Å². The van der Waals surface area contributed by atoms with Crippen LogP contribution in [0.4, 0.5) is 0 Å². The molecule has 0 aromatic heterocycles. The SMILES string of the molecule is CNC1CCC(C(C)(C)C)CC1S(=O)(=O)C(C)C. The standard InChI is InChI=1S/C14H29NO2S/c1-10(2)18(16,17)13-9-11(14(3,4)5)7-8-12(13)15-6/h10-13,15H,7-9H2,1-6H3. The Bertz CT molecular complexity index is 368. The largest absolute Gasteiger partial charge is 0.316 e. The number of hydrogen-bond donors (Lipinski definition) is 1. The summed E-state index contributed by atoms with van der Waals surface area (Å²) in [7, 11) is -1.14. The van der Waals surface area contributed by atoms with E-state index in [0.717, 1.165) is 19.3 Å². The van der Waals surface area contributed by atoms with Gasteiger partial charge in [0, 0.05) is 6.04 Å². The molecule has 0 saturated heterocycles. The van der Waals surface area contributed by atoms with Crippen LogP contribution in [0.1, 0.15) is 53.9 Å². The minimum atomic E-state index is -3.02. The predicted octanol–water partition coefficient (Wildman–Crippen LogP) is 2.61. The van der Waals surface area contributed by atoms with E-state index >= 15 is 0 Å². The van der Waals surface area contributed by atoms with Crippen molar-refractivity contribution in [1.29, 1.82) is 0 Å². The highest BCUT2D eigenvalue weighted by Crippen LogP contribution is 2.40. The second-order valence-corrected chi connectivity index (χ2v) is 9.67. The van der Waals surface area contributed by atoms with Crippen LogP contribution in [0.3, 0.4) is 0 Å². The Kier molecular flexibility index (Phi) is 4.87. The van der Waals surface area contributed by atoms with Gasteiger partial charge >= 0.3 is 0 Å². The third kappa shape index (κ3) is 3.27. The quantitative estimate of drug-likeness (QED) is 0.861. The molecule has 1 aliphatic carbocycles. The first-order valence-electron chi connectivity index (χ1n) is 7.00. The second kappa shape index (κ2) is 5.49. The molecule has 1 rings (SSSR count). The summed E-state index contributed by atoms with van der Waals surface area (Å²) in [6, 6.07) is 0.121. The highest BCUT2D eigenvalue weighted by Gasteiger charge is 2.42. The van der Waals surface area contributed by atoms with Crippen LogP contribution < -0.4 is 5.32 Å². The highest BCUT2D eigenvalue weighted by molar-refractivity contribution is 7.92. The van der Waals surface area contributed by atoms with Crippen LogP contribution in [0.2, 0.25) is 0 Å². The Labute approximate surface area is 113 Å². The molecule has 3 atom stereocenters. The summed E-state index contributed by atoms with van der Waals surface area (Å²) >= 11 is 0. The first-order chi connectivity index (χ1) is 8.10. The van der Waals surface area contributed by atoms with Crippen LogP contribution in [0.25, 0.3) is 0 Å². The fourth-order valence-electron chi connectivity index (χ4n) is 2.96. The van der Waals surface area contributed by atoms with Crippen molar-refractivity contribution in [3.8, 4) is 0 Å². The Morgan fingerprint density at radius 2 is 1.72 bits per heavy atom. The summed E-state index contributed by atoms with van der Waals surface area (Å²) in [6.45, 7) is 10.2. The molecule has 3 unspecified atom stereocenters. The maximum Gasteiger partial charge on any atom is 0.157 e. The maximum absolute atomic E-state index is 12.5. The molecule has 18 heavy (non-hydrogen) atoms. The van der Waals surface area contributed by atoms with Gasteiger partial charge in [0.1, 0.15) is 0 Å². The Morgan fingerprint density at radius 3 is 2.11 bits per heavy atom. The van der Waals surface area contributed by atoms with Crippen molar-refractivity contribution >= 4 is 9.84 Å². The fraction of sp³-hybridized carbons (Fsp3) is 1.00. The zero-order valence-electron chi connectivity index (χ0n) is 12.7. The molecule has 0 bridgehead atoms. The molecule has 0 aromatic rings. The summed E-state index contributed by atoms with van der Waals surface area (Å²) < 4.78 is 25.0. The van der Waals surface area contributed by atoms with E-state index in [2.05, 4.69) is 26.1 Å².